The third-order valence-electron chi connectivity index (χ3n) is 2.41. The minimum atomic E-state index is -0.643. The van der Waals surface area contributed by atoms with Gasteiger partial charge in [0, 0.05) is 10.9 Å². The second-order valence-electron chi connectivity index (χ2n) is 3.58. The molecule has 2 rings (SSSR count). The number of aromatic hydroxyl groups is 1. The van der Waals surface area contributed by atoms with E-state index in [2.05, 4.69) is 4.98 Å². The van der Waals surface area contributed by atoms with Crippen LogP contribution in [0.4, 0.5) is 0 Å². The van der Waals surface area contributed by atoms with Crippen LogP contribution in [-0.4, -0.2) is 16.0 Å². The monoisotopic (exact) mass is 248 g/mol. The van der Waals surface area contributed by atoms with Crippen LogP contribution in [0.25, 0.3) is 11.3 Å². The maximum absolute atomic E-state index is 11.1. The Kier molecular flexibility index (Phi) is 3.10. The van der Waals surface area contributed by atoms with Gasteiger partial charge in [0.05, 0.1) is 16.3 Å². The Morgan fingerprint density at radius 3 is 2.88 bits per heavy atom. The molecule has 1 amide bonds. The number of hydrogen-bond donors (Lipinski definition) is 2. The smallest absolute Gasteiger partial charge is 0.252 e. The number of carbonyl (C=O) groups is 1. The number of benzene rings is 1. The summed E-state index contributed by atoms with van der Waals surface area (Å²) in [4.78, 5) is 15.5. The van der Waals surface area contributed by atoms with Gasteiger partial charge in [0.2, 0.25) is 0 Å². The molecule has 5 heteroatoms. The Labute approximate surface area is 103 Å². The zero-order chi connectivity index (χ0) is 12.4. The molecule has 0 atom stereocenters. The molecule has 17 heavy (non-hydrogen) atoms. The molecule has 3 N–H and O–H groups in total. The predicted molar refractivity (Wildman–Crippen MR) is 67.1 cm³/mol. The van der Waals surface area contributed by atoms with Gasteiger partial charge in [-0.2, -0.15) is 0 Å². The molecule has 0 aliphatic carbocycles. The molecule has 0 saturated heterocycles. The first-order chi connectivity index (χ1) is 8.11. The molecule has 1 aromatic carbocycles. The van der Waals surface area contributed by atoms with E-state index >= 15 is 0 Å². The summed E-state index contributed by atoms with van der Waals surface area (Å²) >= 11 is 1.57. The van der Waals surface area contributed by atoms with E-state index in [0.29, 0.717) is 0 Å². The average molecular weight is 248 g/mol. The highest BCUT2D eigenvalue weighted by molar-refractivity contribution is 7.09. The fourth-order valence-corrected chi connectivity index (χ4v) is 2.25. The minimum absolute atomic E-state index is 0.104. The van der Waals surface area contributed by atoms with Crippen LogP contribution < -0.4 is 5.73 Å². The van der Waals surface area contributed by atoms with Crippen LogP contribution in [-0.2, 0) is 6.42 Å². The highest BCUT2D eigenvalue weighted by Gasteiger charge is 2.10. The molecule has 0 radical (unpaired) electrons. The maximum atomic E-state index is 11.1. The number of aromatic nitrogens is 1. The number of thiazole rings is 1. The number of primary amides is 1. The quantitative estimate of drug-likeness (QED) is 0.874. The van der Waals surface area contributed by atoms with Crippen molar-refractivity contribution in [3.63, 3.8) is 0 Å². The number of hydrogen-bond acceptors (Lipinski definition) is 4. The molecule has 0 saturated carbocycles. The van der Waals surface area contributed by atoms with E-state index < -0.39 is 5.91 Å². The van der Waals surface area contributed by atoms with E-state index in [1.165, 1.54) is 6.07 Å². The van der Waals surface area contributed by atoms with Gasteiger partial charge in [0.1, 0.15) is 5.75 Å². The number of nitrogens with zero attached hydrogens (tertiary/aromatic N) is 1. The Morgan fingerprint density at radius 1 is 1.53 bits per heavy atom. The van der Waals surface area contributed by atoms with Gasteiger partial charge >= 0.3 is 0 Å². The van der Waals surface area contributed by atoms with Crippen molar-refractivity contribution in [2.24, 2.45) is 5.73 Å². The van der Waals surface area contributed by atoms with Gasteiger partial charge in [0.25, 0.3) is 5.91 Å². The third-order valence-corrected chi connectivity index (χ3v) is 3.41. The number of phenols is 1. The highest BCUT2D eigenvalue weighted by atomic mass is 32.1. The van der Waals surface area contributed by atoms with Crippen LogP contribution in [0, 0.1) is 0 Å². The highest BCUT2D eigenvalue weighted by Crippen LogP contribution is 2.26. The van der Waals surface area contributed by atoms with E-state index in [9.17, 15) is 9.90 Å². The van der Waals surface area contributed by atoms with Gasteiger partial charge in [0.15, 0.2) is 0 Å². The van der Waals surface area contributed by atoms with Crippen molar-refractivity contribution < 1.29 is 9.90 Å². The van der Waals surface area contributed by atoms with Crippen LogP contribution in [0.5, 0.6) is 5.75 Å². The number of amides is 1. The number of nitrogens with two attached hydrogens (primary N) is 1. The zero-order valence-electron chi connectivity index (χ0n) is 9.30. The Balaban J connectivity index is 2.46. The molecular formula is C12H12N2O2S. The Bertz CT molecular complexity index is 563. The standard InChI is InChI=1S/C12H12N2O2S/c1-2-11-14-9(6-17-11)7-3-4-10(15)8(5-7)12(13)16/h3-6,15H,2H2,1H3,(H2,13,16). The lowest BCUT2D eigenvalue weighted by Crippen LogP contribution is -2.11. The van der Waals surface area contributed by atoms with Crippen molar-refractivity contribution in [2.45, 2.75) is 13.3 Å². The summed E-state index contributed by atoms with van der Waals surface area (Å²) in [6.45, 7) is 2.04. The van der Waals surface area contributed by atoms with Crippen molar-refractivity contribution in [3.05, 3.63) is 34.2 Å². The fraction of sp³-hybridized carbons (Fsp3) is 0.167. The lowest BCUT2D eigenvalue weighted by molar-refractivity contribution is 0.0998. The summed E-state index contributed by atoms with van der Waals surface area (Å²) in [5.41, 5.74) is 6.88. The van der Waals surface area contributed by atoms with E-state index in [0.717, 1.165) is 22.7 Å². The summed E-state index contributed by atoms with van der Waals surface area (Å²) in [6.07, 6.45) is 0.880. The Morgan fingerprint density at radius 2 is 2.29 bits per heavy atom. The second kappa shape index (κ2) is 4.55. The summed E-state index contributed by atoms with van der Waals surface area (Å²) in [7, 11) is 0. The van der Waals surface area contributed by atoms with E-state index in [1.54, 1.807) is 23.5 Å². The maximum Gasteiger partial charge on any atom is 0.252 e. The molecule has 0 unspecified atom stereocenters. The topological polar surface area (TPSA) is 76.2 Å². The minimum Gasteiger partial charge on any atom is -0.507 e. The van der Waals surface area contributed by atoms with Crippen molar-refractivity contribution in [2.75, 3.05) is 0 Å². The molecule has 0 spiro atoms. The van der Waals surface area contributed by atoms with Gasteiger partial charge in [-0.25, -0.2) is 4.98 Å². The summed E-state index contributed by atoms with van der Waals surface area (Å²) in [5.74, 6) is -0.748. The van der Waals surface area contributed by atoms with Crippen LogP contribution in [0.3, 0.4) is 0 Å². The molecule has 1 aromatic heterocycles. The molecule has 0 fully saturated rings. The molecule has 1 heterocycles. The first-order valence-corrected chi connectivity index (χ1v) is 6.07. The first kappa shape index (κ1) is 11.6. The first-order valence-electron chi connectivity index (χ1n) is 5.19. The second-order valence-corrected chi connectivity index (χ2v) is 4.52. The van der Waals surface area contributed by atoms with Crippen molar-refractivity contribution >= 4 is 17.2 Å². The zero-order valence-corrected chi connectivity index (χ0v) is 10.1. The van der Waals surface area contributed by atoms with Crippen molar-refractivity contribution in [3.8, 4) is 17.0 Å². The molecule has 2 aromatic rings. The van der Waals surface area contributed by atoms with Crippen LogP contribution in [0.2, 0.25) is 0 Å². The summed E-state index contributed by atoms with van der Waals surface area (Å²) in [6, 6.07) is 4.74. The van der Waals surface area contributed by atoms with Gasteiger partial charge in [-0.1, -0.05) is 6.92 Å². The molecule has 0 aliphatic rings. The van der Waals surface area contributed by atoms with Gasteiger partial charge < -0.3 is 10.8 Å². The molecule has 4 nitrogen and oxygen atoms in total. The van der Waals surface area contributed by atoms with Crippen LogP contribution in [0.15, 0.2) is 23.6 Å². The lowest BCUT2D eigenvalue weighted by Gasteiger charge is -2.02. The van der Waals surface area contributed by atoms with Crippen molar-refractivity contribution in [1.82, 2.24) is 4.98 Å². The largest absolute Gasteiger partial charge is 0.507 e. The molecule has 88 valence electrons. The van der Waals surface area contributed by atoms with E-state index in [1.807, 2.05) is 12.3 Å². The van der Waals surface area contributed by atoms with Gasteiger partial charge in [-0.3, -0.25) is 4.79 Å². The fourth-order valence-electron chi connectivity index (χ4n) is 1.50. The third kappa shape index (κ3) is 2.29. The molecule has 0 aliphatic heterocycles. The van der Waals surface area contributed by atoms with E-state index in [4.69, 9.17) is 5.73 Å². The van der Waals surface area contributed by atoms with E-state index in [-0.39, 0.29) is 11.3 Å². The summed E-state index contributed by atoms with van der Waals surface area (Å²) < 4.78 is 0. The summed E-state index contributed by atoms with van der Waals surface area (Å²) in [5, 5.41) is 12.4. The number of carbonyl (C=O) groups excluding carboxylic acids is 1. The number of rotatable bonds is 3. The van der Waals surface area contributed by atoms with Gasteiger partial charge in [-0.05, 0) is 24.6 Å². The van der Waals surface area contributed by atoms with Gasteiger partial charge in [-0.15, -0.1) is 11.3 Å². The predicted octanol–water partition coefficient (Wildman–Crippen LogP) is 2.18. The molecular weight excluding hydrogens is 236 g/mol. The molecule has 0 bridgehead atoms. The van der Waals surface area contributed by atoms with Crippen LogP contribution >= 0.6 is 11.3 Å². The Hall–Kier alpha value is -1.88. The average Bonchev–Trinajstić information content (AvgIpc) is 2.78. The van der Waals surface area contributed by atoms with Crippen molar-refractivity contribution in [1.29, 1.82) is 0 Å². The normalized spacial score (nSPS) is 10.4. The lowest BCUT2D eigenvalue weighted by atomic mass is 10.1. The van der Waals surface area contributed by atoms with Crippen LogP contribution in [0.1, 0.15) is 22.3 Å². The number of aryl methyl sites for hydroxylation is 1. The SMILES string of the molecule is CCc1nc(-c2ccc(O)c(C(N)=O)c2)cs1.